The lowest BCUT2D eigenvalue weighted by atomic mass is 9.77. The summed E-state index contributed by atoms with van der Waals surface area (Å²) >= 11 is 2.30. The van der Waals surface area contributed by atoms with E-state index in [2.05, 4.69) is 45.7 Å². The van der Waals surface area contributed by atoms with Crippen LogP contribution in [0.25, 0.3) is 11.5 Å². The first kappa shape index (κ1) is 12.1. The van der Waals surface area contributed by atoms with Gasteiger partial charge in [0.25, 0.3) is 5.89 Å². The van der Waals surface area contributed by atoms with E-state index < -0.39 is 0 Å². The van der Waals surface area contributed by atoms with Crippen molar-refractivity contribution in [3.05, 3.63) is 33.2 Å². The second-order valence-corrected chi connectivity index (χ2v) is 5.95. The topological polar surface area (TPSA) is 64.9 Å². The number of nitrogens with zero attached hydrogens (tertiary/aromatic N) is 2. The number of rotatable bonds is 2. The molecule has 0 unspecified atom stereocenters. The van der Waals surface area contributed by atoms with E-state index in [9.17, 15) is 0 Å². The summed E-state index contributed by atoms with van der Waals surface area (Å²) in [6.07, 6.45) is 3.02. The maximum Gasteiger partial charge on any atom is 0.259 e. The molecule has 2 aromatic rings. The Bertz CT molecular complexity index is 590. The lowest BCUT2D eigenvalue weighted by Gasteiger charge is -2.34. The third kappa shape index (κ3) is 1.85. The molecule has 1 heterocycles. The molecule has 0 spiro atoms. The minimum absolute atomic E-state index is 0.364. The van der Waals surface area contributed by atoms with Crippen molar-refractivity contribution < 1.29 is 4.52 Å². The summed E-state index contributed by atoms with van der Waals surface area (Å²) in [6.45, 7) is 2.07. The molecule has 94 valence electrons. The molecule has 0 saturated heterocycles. The van der Waals surface area contributed by atoms with Crippen molar-refractivity contribution in [2.45, 2.75) is 31.7 Å². The summed E-state index contributed by atoms with van der Waals surface area (Å²) in [5.41, 5.74) is 8.02. The van der Waals surface area contributed by atoms with Crippen LogP contribution in [0, 0.1) is 10.5 Å². The second-order valence-electron chi connectivity index (χ2n) is 4.87. The van der Waals surface area contributed by atoms with E-state index in [-0.39, 0.29) is 5.54 Å². The first-order valence-electron chi connectivity index (χ1n) is 5.99. The first-order valence-corrected chi connectivity index (χ1v) is 7.07. The lowest BCUT2D eigenvalue weighted by molar-refractivity contribution is 0.229. The molecule has 0 amide bonds. The van der Waals surface area contributed by atoms with Gasteiger partial charge in [-0.1, -0.05) is 17.3 Å². The van der Waals surface area contributed by atoms with Gasteiger partial charge in [-0.3, -0.25) is 0 Å². The van der Waals surface area contributed by atoms with E-state index in [1.54, 1.807) is 0 Å². The zero-order chi connectivity index (χ0) is 12.8. The molecule has 1 fully saturated rings. The van der Waals surface area contributed by atoms with E-state index in [0.29, 0.717) is 11.7 Å². The van der Waals surface area contributed by atoms with Crippen molar-refractivity contribution in [2.75, 3.05) is 0 Å². The molecule has 2 N–H and O–H groups in total. The van der Waals surface area contributed by atoms with Crippen LogP contribution in [0.2, 0.25) is 0 Å². The molecule has 3 rings (SSSR count). The van der Waals surface area contributed by atoms with Gasteiger partial charge < -0.3 is 10.3 Å². The zero-order valence-corrected chi connectivity index (χ0v) is 12.3. The highest BCUT2D eigenvalue weighted by Gasteiger charge is 2.39. The Kier molecular flexibility index (Phi) is 2.90. The van der Waals surface area contributed by atoms with Gasteiger partial charge in [-0.2, -0.15) is 4.98 Å². The maximum absolute atomic E-state index is 6.20. The van der Waals surface area contributed by atoms with Crippen molar-refractivity contribution in [3.8, 4) is 11.5 Å². The number of benzene rings is 1. The highest BCUT2D eigenvalue weighted by molar-refractivity contribution is 14.1. The van der Waals surface area contributed by atoms with Gasteiger partial charge in [0, 0.05) is 3.57 Å². The van der Waals surface area contributed by atoms with E-state index >= 15 is 0 Å². The largest absolute Gasteiger partial charge is 0.334 e. The van der Waals surface area contributed by atoms with E-state index in [1.807, 2.05) is 12.1 Å². The highest BCUT2D eigenvalue weighted by Crippen LogP contribution is 2.38. The predicted molar refractivity (Wildman–Crippen MR) is 76.9 cm³/mol. The molecular formula is C13H14IN3O. The van der Waals surface area contributed by atoms with Crippen LogP contribution >= 0.6 is 22.6 Å². The first-order chi connectivity index (χ1) is 8.60. The van der Waals surface area contributed by atoms with Gasteiger partial charge in [0.05, 0.1) is 11.1 Å². The van der Waals surface area contributed by atoms with Crippen LogP contribution in [-0.4, -0.2) is 10.1 Å². The average Bonchev–Trinajstić information content (AvgIpc) is 2.79. The SMILES string of the molecule is Cc1cccc(-c2nc(C3(N)CCC3)no2)c1I. The van der Waals surface area contributed by atoms with Crippen LogP contribution in [0.5, 0.6) is 0 Å². The summed E-state index contributed by atoms with van der Waals surface area (Å²) in [4.78, 5) is 4.47. The number of hydrogen-bond acceptors (Lipinski definition) is 4. The van der Waals surface area contributed by atoms with Gasteiger partial charge in [-0.05, 0) is 60.4 Å². The number of nitrogens with two attached hydrogens (primary N) is 1. The summed E-state index contributed by atoms with van der Waals surface area (Å²) in [7, 11) is 0. The lowest BCUT2D eigenvalue weighted by Crippen LogP contribution is -2.44. The minimum atomic E-state index is -0.364. The van der Waals surface area contributed by atoms with Gasteiger partial charge in [0.15, 0.2) is 5.82 Å². The van der Waals surface area contributed by atoms with Crippen molar-refractivity contribution in [3.63, 3.8) is 0 Å². The Hall–Kier alpha value is -0.950. The average molecular weight is 355 g/mol. The van der Waals surface area contributed by atoms with E-state index in [4.69, 9.17) is 10.3 Å². The number of halogens is 1. The molecule has 1 aliphatic rings. The second kappa shape index (κ2) is 4.31. The fourth-order valence-electron chi connectivity index (χ4n) is 2.13. The third-order valence-corrected chi connectivity index (χ3v) is 4.97. The number of aryl methyl sites for hydroxylation is 1. The summed E-state index contributed by atoms with van der Waals surface area (Å²) in [5.74, 6) is 1.20. The van der Waals surface area contributed by atoms with E-state index in [1.165, 1.54) is 5.56 Å². The van der Waals surface area contributed by atoms with Crippen LogP contribution in [0.3, 0.4) is 0 Å². The fraction of sp³-hybridized carbons (Fsp3) is 0.385. The van der Waals surface area contributed by atoms with Crippen molar-refractivity contribution in [1.82, 2.24) is 10.1 Å². The van der Waals surface area contributed by atoms with Gasteiger partial charge in [-0.25, -0.2) is 0 Å². The Balaban J connectivity index is 2.00. The Morgan fingerprint density at radius 3 is 2.83 bits per heavy atom. The molecule has 0 aliphatic heterocycles. The molecule has 0 radical (unpaired) electrons. The molecule has 18 heavy (non-hydrogen) atoms. The minimum Gasteiger partial charge on any atom is -0.334 e. The van der Waals surface area contributed by atoms with Crippen molar-refractivity contribution in [1.29, 1.82) is 0 Å². The van der Waals surface area contributed by atoms with Crippen LogP contribution in [0.4, 0.5) is 0 Å². The monoisotopic (exact) mass is 355 g/mol. The Morgan fingerprint density at radius 1 is 1.39 bits per heavy atom. The summed E-state index contributed by atoms with van der Waals surface area (Å²) in [5, 5.41) is 4.04. The fourth-order valence-corrected chi connectivity index (χ4v) is 2.72. The molecule has 0 bridgehead atoms. The number of aromatic nitrogens is 2. The molecule has 1 saturated carbocycles. The molecule has 5 heteroatoms. The molecule has 0 atom stereocenters. The predicted octanol–water partition coefficient (Wildman–Crippen LogP) is 2.99. The molecule has 1 aromatic heterocycles. The van der Waals surface area contributed by atoms with Crippen molar-refractivity contribution in [2.24, 2.45) is 5.73 Å². The normalized spacial score (nSPS) is 17.5. The maximum atomic E-state index is 6.20. The van der Waals surface area contributed by atoms with Crippen LogP contribution in [0.1, 0.15) is 30.7 Å². The highest BCUT2D eigenvalue weighted by atomic mass is 127. The van der Waals surface area contributed by atoms with Gasteiger partial charge >= 0.3 is 0 Å². The zero-order valence-electron chi connectivity index (χ0n) is 10.1. The molecular weight excluding hydrogens is 341 g/mol. The van der Waals surface area contributed by atoms with Crippen LogP contribution in [-0.2, 0) is 5.54 Å². The third-order valence-electron chi connectivity index (χ3n) is 3.54. The standard InChI is InChI=1S/C13H14IN3O/c1-8-4-2-5-9(10(8)14)11-16-12(17-18-11)13(15)6-3-7-13/h2,4-5H,3,6-7,15H2,1H3. The number of hydrogen-bond donors (Lipinski definition) is 1. The van der Waals surface area contributed by atoms with Gasteiger partial charge in [0.1, 0.15) is 0 Å². The van der Waals surface area contributed by atoms with Crippen LogP contribution < -0.4 is 5.73 Å². The van der Waals surface area contributed by atoms with Crippen molar-refractivity contribution >= 4 is 22.6 Å². The Morgan fingerprint density at radius 2 is 2.17 bits per heavy atom. The molecule has 1 aromatic carbocycles. The van der Waals surface area contributed by atoms with E-state index in [0.717, 1.165) is 28.4 Å². The quantitative estimate of drug-likeness (QED) is 0.842. The summed E-state index contributed by atoms with van der Waals surface area (Å²) in [6, 6.07) is 6.06. The smallest absolute Gasteiger partial charge is 0.259 e. The van der Waals surface area contributed by atoms with Gasteiger partial charge in [0.2, 0.25) is 0 Å². The molecule has 1 aliphatic carbocycles. The summed E-state index contributed by atoms with van der Waals surface area (Å²) < 4.78 is 6.51. The molecule has 4 nitrogen and oxygen atoms in total. The Labute approximate surface area is 119 Å². The van der Waals surface area contributed by atoms with Crippen LogP contribution in [0.15, 0.2) is 22.7 Å². The van der Waals surface area contributed by atoms with Gasteiger partial charge in [-0.15, -0.1) is 0 Å².